The molecule has 194 valence electrons. The maximum atomic E-state index is 15.1. The summed E-state index contributed by atoms with van der Waals surface area (Å²) in [7, 11) is -1.29. The first-order valence-corrected chi connectivity index (χ1v) is 16.3. The second-order valence-electron chi connectivity index (χ2n) is 10.5. The average molecular weight is 529 g/mol. The molecule has 1 saturated heterocycles. The Bertz CT molecular complexity index is 1020. The molecule has 7 nitrogen and oxygen atoms in total. The minimum absolute atomic E-state index is 0.0226. The smallest absolute Gasteiger partial charge is 0.321 e. The van der Waals surface area contributed by atoms with Crippen LogP contribution in [-0.4, -0.2) is 55.0 Å². The zero-order valence-electron chi connectivity index (χ0n) is 20.9. The predicted octanol–water partition coefficient (Wildman–Crippen LogP) is 4.74. The summed E-state index contributed by atoms with van der Waals surface area (Å²) in [4.78, 5) is 30.3. The second-order valence-corrected chi connectivity index (χ2v) is 17.4. The molecule has 3 atom stereocenters. The van der Waals surface area contributed by atoms with E-state index in [1.165, 1.54) is 19.1 Å². The zero-order chi connectivity index (χ0) is 26.1. The molecule has 3 rings (SSSR count). The highest BCUT2D eigenvalue weighted by atomic mass is 32.2. The van der Waals surface area contributed by atoms with E-state index in [-0.39, 0.29) is 30.5 Å². The van der Waals surface area contributed by atoms with Crippen molar-refractivity contribution in [1.82, 2.24) is 5.32 Å². The molecule has 2 N–H and O–H groups in total. The van der Waals surface area contributed by atoms with Crippen molar-refractivity contribution in [2.24, 2.45) is 10.4 Å². The third-order valence-electron chi connectivity index (χ3n) is 6.77. The number of carboxylic acid groups (broad SMARTS) is 1. The normalized spacial score (nSPS) is 28.8. The molecule has 0 aromatic heterocycles. The number of amidine groups is 1. The summed E-state index contributed by atoms with van der Waals surface area (Å²) >= 11 is 0.904. The Balaban J connectivity index is 2.00. The van der Waals surface area contributed by atoms with Gasteiger partial charge in [0.05, 0.1) is 12.1 Å². The summed E-state index contributed by atoms with van der Waals surface area (Å²) in [5.74, 6) is -4.21. The lowest BCUT2D eigenvalue weighted by atomic mass is 9.74. The van der Waals surface area contributed by atoms with Gasteiger partial charge in [0.1, 0.15) is 16.9 Å². The number of nitrogens with zero attached hydrogens (tertiary/aromatic N) is 1. The Morgan fingerprint density at radius 3 is 2.60 bits per heavy atom. The highest BCUT2D eigenvalue weighted by molar-refractivity contribution is 8.16. The summed E-state index contributed by atoms with van der Waals surface area (Å²) in [6, 6.07) is 4.61. The summed E-state index contributed by atoms with van der Waals surface area (Å²) in [6.45, 7) is 10.7. The molecule has 1 heterocycles. The highest BCUT2D eigenvalue weighted by Gasteiger charge is 2.87. The van der Waals surface area contributed by atoms with Crippen molar-refractivity contribution >= 4 is 36.9 Å². The standard InChI is InChI=1S/C24H34F2N2O5SSi/c1-6-7-11-33-20(31)23-14-24(23,19(29)30)34-21(27-15-32-12-13-35(3,4)5)28-22(23,2)16-9-8-10-17(25)18(16)26/h8-10H,6-7,11-15H2,1-5H3,(H,27,28)(H,29,30). The molecule has 1 aliphatic heterocycles. The molecule has 0 radical (unpaired) electrons. The summed E-state index contributed by atoms with van der Waals surface area (Å²) in [5.41, 5.74) is -3.43. The molecule has 11 heteroatoms. The number of esters is 1. The van der Waals surface area contributed by atoms with E-state index in [2.05, 4.69) is 30.0 Å². The van der Waals surface area contributed by atoms with Crippen LogP contribution in [0.5, 0.6) is 0 Å². The minimum Gasteiger partial charge on any atom is -0.480 e. The van der Waals surface area contributed by atoms with Gasteiger partial charge in [0, 0.05) is 20.2 Å². The fourth-order valence-electron chi connectivity index (χ4n) is 4.53. The lowest BCUT2D eigenvalue weighted by Gasteiger charge is -2.44. The number of carbonyl (C=O) groups is 2. The van der Waals surface area contributed by atoms with Crippen LogP contribution < -0.4 is 5.32 Å². The molecule has 0 bridgehead atoms. The van der Waals surface area contributed by atoms with Crippen LogP contribution in [0.25, 0.3) is 0 Å². The zero-order valence-corrected chi connectivity index (χ0v) is 22.7. The number of thioether (sulfide) groups is 1. The van der Waals surface area contributed by atoms with Crippen molar-refractivity contribution in [1.29, 1.82) is 0 Å². The lowest BCUT2D eigenvalue weighted by Crippen LogP contribution is -2.61. The van der Waals surface area contributed by atoms with E-state index in [0.29, 0.717) is 13.0 Å². The number of ether oxygens (including phenoxy) is 2. The van der Waals surface area contributed by atoms with E-state index in [1.54, 1.807) is 0 Å². The van der Waals surface area contributed by atoms with Crippen LogP contribution in [0.3, 0.4) is 0 Å². The van der Waals surface area contributed by atoms with E-state index in [0.717, 1.165) is 30.3 Å². The van der Waals surface area contributed by atoms with Crippen LogP contribution in [-0.2, 0) is 24.6 Å². The number of halogens is 2. The van der Waals surface area contributed by atoms with Gasteiger partial charge in [-0.05, 0) is 31.9 Å². The van der Waals surface area contributed by atoms with E-state index in [4.69, 9.17) is 9.47 Å². The molecule has 1 aliphatic carbocycles. The van der Waals surface area contributed by atoms with Crippen molar-refractivity contribution in [3.05, 3.63) is 35.4 Å². The number of hydrogen-bond acceptors (Lipinski definition) is 6. The number of carbonyl (C=O) groups excluding carboxylic acids is 1. The maximum Gasteiger partial charge on any atom is 0.321 e. The molecule has 35 heavy (non-hydrogen) atoms. The van der Waals surface area contributed by atoms with Crippen LogP contribution in [0.15, 0.2) is 23.2 Å². The van der Waals surface area contributed by atoms with Crippen LogP contribution in [0.2, 0.25) is 25.7 Å². The third-order valence-corrected chi connectivity index (χ3v) is 9.92. The Morgan fingerprint density at radius 2 is 1.97 bits per heavy atom. The van der Waals surface area contributed by atoms with E-state index in [1.807, 2.05) is 6.92 Å². The number of rotatable bonds is 11. The van der Waals surface area contributed by atoms with Crippen molar-refractivity contribution in [3.8, 4) is 0 Å². The molecule has 2 aliphatic rings. The first kappa shape index (κ1) is 27.6. The molecule has 0 spiro atoms. The van der Waals surface area contributed by atoms with Gasteiger partial charge < -0.3 is 19.9 Å². The Kier molecular flexibility index (Phi) is 8.03. The molecule has 1 aromatic rings. The van der Waals surface area contributed by atoms with Crippen LogP contribution >= 0.6 is 11.8 Å². The number of aliphatic imine (C=N–C) groups is 1. The Morgan fingerprint density at radius 1 is 1.26 bits per heavy atom. The Hall–Kier alpha value is -1.98. The molecule has 3 unspecified atom stereocenters. The summed E-state index contributed by atoms with van der Waals surface area (Å²) < 4.78 is 38.8. The fraction of sp³-hybridized carbons (Fsp3) is 0.625. The molecule has 1 saturated carbocycles. The van der Waals surface area contributed by atoms with Gasteiger partial charge in [0.25, 0.3) is 0 Å². The van der Waals surface area contributed by atoms with E-state index < -0.39 is 47.3 Å². The topological polar surface area (TPSA) is 97.2 Å². The minimum atomic E-state index is -1.66. The van der Waals surface area contributed by atoms with Gasteiger partial charge in [-0.1, -0.05) is 56.9 Å². The molecule has 2 fully saturated rings. The number of carboxylic acids is 1. The number of aliphatic carboxylic acids is 1. The molecule has 1 aromatic carbocycles. The van der Waals surface area contributed by atoms with Gasteiger partial charge >= 0.3 is 11.9 Å². The molecule has 0 amide bonds. The van der Waals surface area contributed by atoms with Gasteiger partial charge in [0.15, 0.2) is 16.8 Å². The quantitative estimate of drug-likeness (QED) is 0.243. The number of nitrogens with one attached hydrogen (secondary N) is 1. The Labute approximate surface area is 210 Å². The molecular formula is C24H34F2N2O5SSi. The fourth-order valence-corrected chi connectivity index (χ4v) is 6.82. The predicted molar refractivity (Wildman–Crippen MR) is 134 cm³/mol. The number of fused-ring (bicyclic) bond motifs is 1. The second kappa shape index (κ2) is 10.2. The SMILES string of the molecule is CCCCOC(=O)C12CC1(C(=O)O)SC(=NCOCC[Si](C)(C)C)NC2(C)c1cccc(F)c1F. The number of hydrogen-bond donors (Lipinski definition) is 2. The highest BCUT2D eigenvalue weighted by Crippen LogP contribution is 2.74. The van der Waals surface area contributed by atoms with Gasteiger partial charge in [-0.3, -0.25) is 9.59 Å². The lowest BCUT2D eigenvalue weighted by molar-refractivity contribution is -0.157. The van der Waals surface area contributed by atoms with E-state index >= 15 is 4.39 Å². The van der Waals surface area contributed by atoms with Gasteiger partial charge in [0.2, 0.25) is 0 Å². The van der Waals surface area contributed by atoms with Crippen LogP contribution in [0.1, 0.15) is 38.7 Å². The van der Waals surface area contributed by atoms with Crippen LogP contribution in [0.4, 0.5) is 8.78 Å². The largest absolute Gasteiger partial charge is 0.480 e. The summed E-state index contributed by atoms with van der Waals surface area (Å²) in [6.07, 6.45) is 1.27. The number of benzene rings is 1. The summed E-state index contributed by atoms with van der Waals surface area (Å²) in [5, 5.41) is 13.5. The third kappa shape index (κ3) is 4.99. The monoisotopic (exact) mass is 528 g/mol. The van der Waals surface area contributed by atoms with Crippen molar-refractivity contribution in [2.75, 3.05) is 19.9 Å². The van der Waals surface area contributed by atoms with Crippen molar-refractivity contribution in [2.45, 2.75) is 69.1 Å². The van der Waals surface area contributed by atoms with Crippen molar-refractivity contribution in [3.63, 3.8) is 0 Å². The average Bonchev–Trinajstić information content (AvgIpc) is 3.48. The van der Waals surface area contributed by atoms with Gasteiger partial charge in [-0.25, -0.2) is 13.8 Å². The number of unbranched alkanes of at least 4 members (excludes halogenated alkanes) is 1. The van der Waals surface area contributed by atoms with E-state index in [9.17, 15) is 19.1 Å². The van der Waals surface area contributed by atoms with Gasteiger partial charge in [-0.2, -0.15) is 0 Å². The maximum absolute atomic E-state index is 15.1. The van der Waals surface area contributed by atoms with Crippen molar-refractivity contribution < 1.29 is 33.0 Å². The van der Waals surface area contributed by atoms with Gasteiger partial charge in [-0.15, -0.1) is 0 Å². The molecular weight excluding hydrogens is 494 g/mol. The first-order valence-electron chi connectivity index (χ1n) is 11.8. The van der Waals surface area contributed by atoms with Crippen LogP contribution in [0, 0.1) is 17.0 Å². The first-order chi connectivity index (χ1) is 16.3.